The van der Waals surface area contributed by atoms with Crippen LogP contribution in [0.1, 0.15) is 24.3 Å². The molecule has 2 rings (SSSR count). The van der Waals surface area contributed by atoms with Crippen molar-refractivity contribution in [2.75, 3.05) is 10.6 Å². The van der Waals surface area contributed by atoms with Crippen LogP contribution in [0.25, 0.3) is 0 Å². The van der Waals surface area contributed by atoms with Gasteiger partial charge in [0, 0.05) is 16.8 Å². The molecule has 1 aromatic carbocycles. The topological polar surface area (TPSA) is 66.9 Å². The summed E-state index contributed by atoms with van der Waals surface area (Å²) in [5, 5.41) is 6.38. The number of carbonyl (C=O) groups excluding carboxylic acids is 1. The van der Waals surface area contributed by atoms with Gasteiger partial charge in [-0.1, -0.05) is 17.7 Å². The lowest BCUT2D eigenvalue weighted by molar-refractivity contribution is 0.102. The van der Waals surface area contributed by atoms with Crippen molar-refractivity contribution in [3.05, 3.63) is 47.4 Å². The molecule has 0 atom stereocenters. The monoisotopic (exact) mass is 290 g/mol. The molecule has 0 unspecified atom stereocenters. The number of amides is 1. The van der Waals surface area contributed by atoms with Crippen molar-refractivity contribution >= 4 is 29.0 Å². The number of anilines is 2. The number of nitrogens with one attached hydrogen (secondary N) is 2. The number of hydrogen-bond donors (Lipinski definition) is 2. The van der Waals surface area contributed by atoms with Gasteiger partial charge in [-0.15, -0.1) is 0 Å². The summed E-state index contributed by atoms with van der Waals surface area (Å²) in [6, 6.07) is 7.19. The summed E-state index contributed by atoms with van der Waals surface area (Å²) in [4.78, 5) is 20.2. The van der Waals surface area contributed by atoms with Crippen LogP contribution < -0.4 is 10.6 Å². The van der Waals surface area contributed by atoms with Gasteiger partial charge < -0.3 is 10.6 Å². The van der Waals surface area contributed by atoms with Crippen molar-refractivity contribution in [2.45, 2.75) is 19.9 Å². The fourth-order valence-electron chi connectivity index (χ4n) is 1.58. The first-order chi connectivity index (χ1) is 9.54. The number of hydrogen-bond acceptors (Lipinski definition) is 4. The first-order valence-corrected chi connectivity index (χ1v) is 6.58. The highest BCUT2D eigenvalue weighted by atomic mass is 35.5. The molecular weight excluding hydrogens is 276 g/mol. The lowest BCUT2D eigenvalue weighted by Crippen LogP contribution is -2.16. The quantitative estimate of drug-likeness (QED) is 0.907. The predicted octanol–water partition coefficient (Wildman–Crippen LogP) is 3.20. The normalized spacial score (nSPS) is 10.4. The number of rotatable bonds is 4. The molecule has 0 radical (unpaired) electrons. The van der Waals surface area contributed by atoms with Gasteiger partial charge in [0.15, 0.2) is 0 Å². The summed E-state index contributed by atoms with van der Waals surface area (Å²) in [7, 11) is 0. The summed E-state index contributed by atoms with van der Waals surface area (Å²) >= 11 is 5.86. The number of halogens is 1. The maximum atomic E-state index is 12.0. The molecule has 0 aliphatic rings. The molecule has 1 aromatic heterocycles. The van der Waals surface area contributed by atoms with Gasteiger partial charge in [-0.05, 0) is 32.0 Å². The van der Waals surface area contributed by atoms with Crippen molar-refractivity contribution in [1.29, 1.82) is 0 Å². The van der Waals surface area contributed by atoms with Crippen LogP contribution in [0, 0.1) is 0 Å². The standard InChI is InChI=1S/C14H15ClN4O/c1-9(2)18-13-8-16-12(7-17-13)14(20)19-11-5-3-4-10(15)6-11/h3-9H,1-2H3,(H,17,18)(H,19,20). The fourth-order valence-corrected chi connectivity index (χ4v) is 1.77. The summed E-state index contributed by atoms with van der Waals surface area (Å²) in [6.07, 6.45) is 2.97. The van der Waals surface area contributed by atoms with Crippen molar-refractivity contribution < 1.29 is 4.79 Å². The van der Waals surface area contributed by atoms with Crippen molar-refractivity contribution in [3.63, 3.8) is 0 Å². The zero-order valence-corrected chi connectivity index (χ0v) is 12.0. The third-order valence-electron chi connectivity index (χ3n) is 2.40. The number of nitrogens with zero attached hydrogens (tertiary/aromatic N) is 2. The van der Waals surface area contributed by atoms with E-state index < -0.39 is 0 Å². The van der Waals surface area contributed by atoms with Crippen molar-refractivity contribution in [1.82, 2.24) is 9.97 Å². The lowest BCUT2D eigenvalue weighted by atomic mass is 10.3. The SMILES string of the molecule is CC(C)Nc1cnc(C(=O)Nc2cccc(Cl)c2)cn1. The van der Waals surface area contributed by atoms with Gasteiger partial charge in [0.05, 0.1) is 12.4 Å². The maximum Gasteiger partial charge on any atom is 0.275 e. The molecule has 0 bridgehead atoms. The van der Waals surface area contributed by atoms with Crippen molar-refractivity contribution in [2.24, 2.45) is 0 Å². The zero-order chi connectivity index (χ0) is 14.5. The maximum absolute atomic E-state index is 12.0. The molecule has 0 spiro atoms. The fraction of sp³-hybridized carbons (Fsp3) is 0.214. The van der Waals surface area contributed by atoms with E-state index >= 15 is 0 Å². The Morgan fingerprint density at radius 3 is 2.65 bits per heavy atom. The van der Waals surface area contributed by atoms with Crippen LogP contribution in [0.2, 0.25) is 5.02 Å². The minimum absolute atomic E-state index is 0.249. The molecule has 0 fully saturated rings. The van der Waals surface area contributed by atoms with E-state index in [1.807, 2.05) is 13.8 Å². The highest BCUT2D eigenvalue weighted by Crippen LogP contribution is 2.15. The lowest BCUT2D eigenvalue weighted by Gasteiger charge is -2.09. The second-order valence-electron chi connectivity index (χ2n) is 4.55. The Morgan fingerprint density at radius 2 is 2.05 bits per heavy atom. The minimum Gasteiger partial charge on any atom is -0.367 e. The van der Waals surface area contributed by atoms with Gasteiger partial charge in [-0.25, -0.2) is 9.97 Å². The molecule has 0 aliphatic heterocycles. The van der Waals surface area contributed by atoms with Gasteiger partial charge in [0.2, 0.25) is 0 Å². The molecule has 20 heavy (non-hydrogen) atoms. The molecule has 0 saturated carbocycles. The van der Waals surface area contributed by atoms with E-state index in [9.17, 15) is 4.79 Å². The summed E-state index contributed by atoms with van der Waals surface area (Å²) < 4.78 is 0. The molecule has 1 amide bonds. The second-order valence-corrected chi connectivity index (χ2v) is 4.99. The van der Waals surface area contributed by atoms with Crippen LogP contribution in [0.4, 0.5) is 11.5 Å². The second kappa shape index (κ2) is 6.34. The molecule has 0 saturated heterocycles. The van der Waals surface area contributed by atoms with Crippen LogP contribution in [0.15, 0.2) is 36.7 Å². The first kappa shape index (κ1) is 14.3. The summed E-state index contributed by atoms with van der Waals surface area (Å²) in [6.45, 7) is 4.00. The third kappa shape index (κ3) is 3.93. The highest BCUT2D eigenvalue weighted by Gasteiger charge is 2.09. The Balaban J connectivity index is 2.06. The van der Waals surface area contributed by atoms with Crippen LogP contribution >= 0.6 is 11.6 Å². The Hall–Kier alpha value is -2.14. The minimum atomic E-state index is -0.323. The summed E-state index contributed by atoms with van der Waals surface area (Å²) in [5.74, 6) is 0.315. The van der Waals surface area contributed by atoms with E-state index in [-0.39, 0.29) is 17.6 Å². The van der Waals surface area contributed by atoms with Crippen molar-refractivity contribution in [3.8, 4) is 0 Å². The molecule has 2 N–H and O–H groups in total. The van der Waals surface area contributed by atoms with Crippen LogP contribution in [0.5, 0.6) is 0 Å². The molecule has 5 nitrogen and oxygen atoms in total. The molecule has 104 valence electrons. The van der Waals surface area contributed by atoms with Crippen LogP contribution in [-0.4, -0.2) is 21.9 Å². The number of carbonyl (C=O) groups is 1. The van der Waals surface area contributed by atoms with Crippen LogP contribution in [0.3, 0.4) is 0 Å². The first-order valence-electron chi connectivity index (χ1n) is 6.20. The Kier molecular flexibility index (Phi) is 4.53. The van der Waals surface area contributed by atoms with Gasteiger partial charge in [-0.2, -0.15) is 0 Å². The van der Waals surface area contributed by atoms with Crippen LogP contribution in [-0.2, 0) is 0 Å². The van der Waals surface area contributed by atoms with Gasteiger partial charge in [-0.3, -0.25) is 4.79 Å². The zero-order valence-electron chi connectivity index (χ0n) is 11.2. The van der Waals surface area contributed by atoms with E-state index in [1.54, 1.807) is 24.3 Å². The molecule has 2 aromatic rings. The van der Waals surface area contributed by atoms with Gasteiger partial charge in [0.1, 0.15) is 11.5 Å². The van der Waals surface area contributed by atoms with Gasteiger partial charge in [0.25, 0.3) is 5.91 Å². The van der Waals surface area contributed by atoms with E-state index in [1.165, 1.54) is 12.4 Å². The van der Waals surface area contributed by atoms with E-state index in [4.69, 9.17) is 11.6 Å². The van der Waals surface area contributed by atoms with E-state index in [0.29, 0.717) is 16.5 Å². The average molecular weight is 291 g/mol. The Morgan fingerprint density at radius 1 is 1.25 bits per heavy atom. The van der Waals surface area contributed by atoms with E-state index in [0.717, 1.165) is 0 Å². The largest absolute Gasteiger partial charge is 0.367 e. The van der Waals surface area contributed by atoms with Gasteiger partial charge >= 0.3 is 0 Å². The predicted molar refractivity (Wildman–Crippen MR) is 80.2 cm³/mol. The molecule has 6 heteroatoms. The third-order valence-corrected chi connectivity index (χ3v) is 2.64. The molecule has 1 heterocycles. The Bertz CT molecular complexity index is 598. The number of aromatic nitrogens is 2. The Labute approximate surface area is 122 Å². The molecule has 0 aliphatic carbocycles. The smallest absolute Gasteiger partial charge is 0.275 e. The average Bonchev–Trinajstić information content (AvgIpc) is 2.38. The highest BCUT2D eigenvalue weighted by molar-refractivity contribution is 6.30. The molecular formula is C14H15ClN4O. The summed E-state index contributed by atoms with van der Waals surface area (Å²) in [5.41, 5.74) is 0.868. The number of benzene rings is 1. The van der Waals surface area contributed by atoms with E-state index in [2.05, 4.69) is 20.6 Å².